The van der Waals surface area contributed by atoms with Crippen LogP contribution in [0, 0.1) is 3.57 Å². The van der Waals surface area contributed by atoms with Gasteiger partial charge in [-0.3, -0.25) is 0 Å². The number of benzene rings is 2. The van der Waals surface area contributed by atoms with Gasteiger partial charge in [0.2, 0.25) is 0 Å². The summed E-state index contributed by atoms with van der Waals surface area (Å²) in [6.45, 7) is 0. The van der Waals surface area contributed by atoms with Crippen molar-refractivity contribution in [3.05, 3.63) is 46.0 Å². The molecule has 0 bridgehead atoms. The van der Waals surface area contributed by atoms with Crippen LogP contribution in [0.15, 0.2) is 42.5 Å². The van der Waals surface area contributed by atoms with Gasteiger partial charge in [0.15, 0.2) is 0 Å². The van der Waals surface area contributed by atoms with Crippen LogP contribution >= 0.6 is 22.6 Å². The molecule has 0 aliphatic carbocycles. The zero-order valence-electron chi connectivity index (χ0n) is 9.74. The number of hydrogen-bond acceptors (Lipinski definition) is 2. The van der Waals surface area contributed by atoms with Gasteiger partial charge in [0.05, 0.1) is 14.2 Å². The summed E-state index contributed by atoms with van der Waals surface area (Å²) in [6, 6.07) is 14.1. The molecular formula is C14H13IO2. The zero-order chi connectivity index (χ0) is 12.3. The fraction of sp³-hybridized carbons (Fsp3) is 0.143. The lowest BCUT2D eigenvalue weighted by Gasteiger charge is -2.08. The van der Waals surface area contributed by atoms with Crippen LogP contribution in [-0.2, 0) is 0 Å². The van der Waals surface area contributed by atoms with Crippen LogP contribution in [0.5, 0.6) is 11.5 Å². The third-order valence-electron chi connectivity index (χ3n) is 2.57. The smallest absolute Gasteiger partial charge is 0.119 e. The molecule has 2 rings (SSSR count). The summed E-state index contributed by atoms with van der Waals surface area (Å²) < 4.78 is 11.6. The van der Waals surface area contributed by atoms with Crippen molar-refractivity contribution in [2.75, 3.05) is 14.2 Å². The van der Waals surface area contributed by atoms with Crippen molar-refractivity contribution in [1.29, 1.82) is 0 Å². The summed E-state index contributed by atoms with van der Waals surface area (Å²) in [5.41, 5.74) is 2.33. The maximum Gasteiger partial charge on any atom is 0.119 e. The van der Waals surface area contributed by atoms with Gasteiger partial charge in [0.1, 0.15) is 11.5 Å². The molecule has 2 aromatic rings. The summed E-state index contributed by atoms with van der Waals surface area (Å²) in [7, 11) is 3.35. The predicted octanol–water partition coefficient (Wildman–Crippen LogP) is 3.98. The standard InChI is InChI=1S/C14H13IO2/c1-16-11-5-3-10(4-6-11)13-9-12(17-2)7-8-14(13)15/h3-9H,1-2H3. The van der Waals surface area contributed by atoms with E-state index in [-0.39, 0.29) is 0 Å². The van der Waals surface area contributed by atoms with Gasteiger partial charge in [-0.15, -0.1) is 0 Å². The van der Waals surface area contributed by atoms with E-state index >= 15 is 0 Å². The van der Waals surface area contributed by atoms with E-state index in [9.17, 15) is 0 Å². The number of rotatable bonds is 3. The Kier molecular flexibility index (Phi) is 3.89. The van der Waals surface area contributed by atoms with Crippen LogP contribution in [0.25, 0.3) is 11.1 Å². The first-order valence-electron chi connectivity index (χ1n) is 5.22. The fourth-order valence-corrected chi connectivity index (χ4v) is 2.27. The molecule has 0 atom stereocenters. The van der Waals surface area contributed by atoms with Gasteiger partial charge in [-0.2, -0.15) is 0 Å². The highest BCUT2D eigenvalue weighted by Crippen LogP contribution is 2.30. The highest BCUT2D eigenvalue weighted by Gasteiger charge is 2.05. The van der Waals surface area contributed by atoms with E-state index in [1.54, 1.807) is 14.2 Å². The minimum atomic E-state index is 0.867. The lowest BCUT2D eigenvalue weighted by atomic mass is 10.1. The van der Waals surface area contributed by atoms with Crippen molar-refractivity contribution in [2.45, 2.75) is 0 Å². The molecule has 0 aliphatic rings. The molecule has 0 fully saturated rings. The Hall–Kier alpha value is -1.23. The molecule has 0 radical (unpaired) electrons. The molecule has 0 heterocycles. The van der Waals surface area contributed by atoms with Crippen LogP contribution < -0.4 is 9.47 Å². The first-order chi connectivity index (χ1) is 8.24. The Morgan fingerprint density at radius 3 is 2.00 bits per heavy atom. The zero-order valence-corrected chi connectivity index (χ0v) is 11.9. The second kappa shape index (κ2) is 5.40. The number of hydrogen-bond donors (Lipinski definition) is 0. The van der Waals surface area contributed by atoms with Crippen molar-refractivity contribution in [3.8, 4) is 22.6 Å². The maximum atomic E-state index is 5.25. The van der Waals surface area contributed by atoms with Crippen molar-refractivity contribution in [1.82, 2.24) is 0 Å². The second-order valence-electron chi connectivity index (χ2n) is 3.57. The van der Waals surface area contributed by atoms with Gasteiger partial charge in [-0.25, -0.2) is 0 Å². The van der Waals surface area contributed by atoms with E-state index in [0.717, 1.165) is 17.1 Å². The lowest BCUT2D eigenvalue weighted by Crippen LogP contribution is -1.88. The topological polar surface area (TPSA) is 18.5 Å². The SMILES string of the molecule is COc1ccc(-c2cc(OC)ccc2I)cc1. The van der Waals surface area contributed by atoms with Gasteiger partial charge < -0.3 is 9.47 Å². The Morgan fingerprint density at radius 2 is 1.41 bits per heavy atom. The molecule has 88 valence electrons. The average Bonchev–Trinajstić information content (AvgIpc) is 2.39. The second-order valence-corrected chi connectivity index (χ2v) is 4.74. The van der Waals surface area contributed by atoms with E-state index in [1.807, 2.05) is 24.3 Å². The lowest BCUT2D eigenvalue weighted by molar-refractivity contribution is 0.414. The largest absolute Gasteiger partial charge is 0.497 e. The summed E-state index contributed by atoms with van der Waals surface area (Å²) in [5.74, 6) is 1.74. The fourth-order valence-electron chi connectivity index (χ4n) is 1.62. The van der Waals surface area contributed by atoms with Gasteiger partial charge in [0, 0.05) is 3.57 Å². The van der Waals surface area contributed by atoms with E-state index in [2.05, 4.69) is 40.8 Å². The van der Waals surface area contributed by atoms with Crippen molar-refractivity contribution >= 4 is 22.6 Å². The Morgan fingerprint density at radius 1 is 0.824 bits per heavy atom. The van der Waals surface area contributed by atoms with Crippen molar-refractivity contribution in [3.63, 3.8) is 0 Å². The van der Waals surface area contributed by atoms with Gasteiger partial charge in [-0.05, 0) is 64.0 Å². The number of methoxy groups -OCH3 is 2. The van der Waals surface area contributed by atoms with Crippen LogP contribution in [-0.4, -0.2) is 14.2 Å². The minimum absolute atomic E-state index is 0.867. The molecule has 0 aromatic heterocycles. The van der Waals surface area contributed by atoms with E-state index < -0.39 is 0 Å². The van der Waals surface area contributed by atoms with Crippen LogP contribution in [0.3, 0.4) is 0 Å². The monoisotopic (exact) mass is 340 g/mol. The van der Waals surface area contributed by atoms with Crippen molar-refractivity contribution in [2.24, 2.45) is 0 Å². The molecule has 0 N–H and O–H groups in total. The van der Waals surface area contributed by atoms with Gasteiger partial charge in [0.25, 0.3) is 0 Å². The summed E-state index contributed by atoms with van der Waals surface area (Å²) in [5, 5.41) is 0. The van der Waals surface area contributed by atoms with Gasteiger partial charge >= 0.3 is 0 Å². The molecule has 0 saturated carbocycles. The highest BCUT2D eigenvalue weighted by molar-refractivity contribution is 14.1. The molecular weight excluding hydrogens is 327 g/mol. The van der Waals surface area contributed by atoms with Crippen LogP contribution in [0.2, 0.25) is 0 Å². The third kappa shape index (κ3) is 2.72. The molecule has 17 heavy (non-hydrogen) atoms. The third-order valence-corrected chi connectivity index (χ3v) is 3.52. The predicted molar refractivity (Wildman–Crippen MR) is 77.7 cm³/mol. The van der Waals surface area contributed by atoms with E-state index in [4.69, 9.17) is 9.47 Å². The van der Waals surface area contributed by atoms with Crippen LogP contribution in [0.4, 0.5) is 0 Å². The molecule has 0 aliphatic heterocycles. The first-order valence-corrected chi connectivity index (χ1v) is 6.30. The molecule has 2 nitrogen and oxygen atoms in total. The summed E-state index contributed by atoms with van der Waals surface area (Å²) in [4.78, 5) is 0. The van der Waals surface area contributed by atoms with E-state index in [1.165, 1.54) is 9.13 Å². The van der Waals surface area contributed by atoms with Crippen LogP contribution in [0.1, 0.15) is 0 Å². The van der Waals surface area contributed by atoms with Crippen molar-refractivity contribution < 1.29 is 9.47 Å². The normalized spacial score (nSPS) is 10.1. The minimum Gasteiger partial charge on any atom is -0.497 e. The molecule has 3 heteroatoms. The number of halogens is 1. The molecule has 0 amide bonds. The molecule has 0 unspecified atom stereocenters. The number of ether oxygens (including phenoxy) is 2. The Bertz CT molecular complexity index is 506. The summed E-state index contributed by atoms with van der Waals surface area (Å²) in [6.07, 6.45) is 0. The Labute approximate surface area is 115 Å². The quantitative estimate of drug-likeness (QED) is 0.787. The van der Waals surface area contributed by atoms with Gasteiger partial charge in [-0.1, -0.05) is 12.1 Å². The molecule has 0 spiro atoms. The van der Waals surface area contributed by atoms with E-state index in [0.29, 0.717) is 0 Å². The molecule has 2 aromatic carbocycles. The average molecular weight is 340 g/mol. The highest BCUT2D eigenvalue weighted by atomic mass is 127. The summed E-state index contributed by atoms with van der Waals surface area (Å²) >= 11 is 2.33. The first kappa shape index (κ1) is 12.2. The molecule has 0 saturated heterocycles. The Balaban J connectivity index is 2.43. The maximum absolute atomic E-state index is 5.25.